The van der Waals surface area contributed by atoms with Crippen LogP contribution in [-0.2, 0) is 0 Å². The summed E-state index contributed by atoms with van der Waals surface area (Å²) in [5, 5.41) is 8.52. The highest BCUT2D eigenvalue weighted by Crippen LogP contribution is 2.16. The van der Waals surface area contributed by atoms with Crippen LogP contribution in [0.5, 0.6) is 0 Å². The third-order valence-electron chi connectivity index (χ3n) is 1.07. The average Bonchev–Trinajstić information content (AvgIpc) is 2.04. The van der Waals surface area contributed by atoms with E-state index in [0.29, 0.717) is 0 Å². The fourth-order valence-electron chi connectivity index (χ4n) is 0.611. The molecule has 0 aliphatic rings. The lowest BCUT2D eigenvalue weighted by atomic mass is 10.2. The number of nitrogens with zero attached hydrogens (tertiary/aromatic N) is 2. The van der Waals surface area contributed by atoms with Crippen LogP contribution >= 0.6 is 0 Å². The maximum Gasteiger partial charge on any atom is 0.204 e. The van der Waals surface area contributed by atoms with Gasteiger partial charge in [0, 0.05) is 0 Å². The van der Waals surface area contributed by atoms with E-state index >= 15 is 0 Å². The number of benzene rings is 1. The summed E-state index contributed by atoms with van der Waals surface area (Å²) in [5.74, 6) is 0. The van der Waals surface area contributed by atoms with Gasteiger partial charge < -0.3 is 0 Å². The van der Waals surface area contributed by atoms with Gasteiger partial charge in [0.2, 0.25) is 5.69 Å². The predicted molar refractivity (Wildman–Crippen MR) is 37.4 cm³/mol. The second-order valence-corrected chi connectivity index (χ2v) is 1.65. The molecule has 0 unspecified atom stereocenters. The van der Waals surface area contributed by atoms with Crippen LogP contribution in [0, 0.1) is 17.9 Å². The van der Waals surface area contributed by atoms with Crippen molar-refractivity contribution in [1.82, 2.24) is 0 Å². The van der Waals surface area contributed by atoms with Crippen LogP contribution in [0.1, 0.15) is 6.93 Å². The Morgan fingerprint density at radius 3 is 3.00 bits per heavy atom. The highest BCUT2D eigenvalue weighted by atomic mass is 14.6. The van der Waals surface area contributed by atoms with Gasteiger partial charge in [0.05, 0.1) is 19.6 Å². The van der Waals surface area contributed by atoms with E-state index in [1.54, 1.807) is 6.07 Å². The third-order valence-corrected chi connectivity index (χ3v) is 1.07. The van der Waals surface area contributed by atoms with Crippen LogP contribution in [0.25, 0.3) is 4.85 Å². The number of para-hydroxylation sites is 1. The zero-order valence-electron chi connectivity index (χ0n) is 6.13. The van der Waals surface area contributed by atoms with Crippen LogP contribution < -0.4 is 0 Å². The van der Waals surface area contributed by atoms with Gasteiger partial charge in [-0.05, 0) is 0 Å². The van der Waals surface area contributed by atoms with Gasteiger partial charge in [-0.2, -0.15) is 5.26 Å². The fraction of sp³-hybridized carbons (Fsp3) is 0. The van der Waals surface area contributed by atoms with Crippen molar-refractivity contribution in [3.8, 4) is 6.07 Å². The van der Waals surface area contributed by atoms with Crippen molar-refractivity contribution in [3.05, 3.63) is 41.2 Å². The van der Waals surface area contributed by atoms with Gasteiger partial charge in [-0.15, -0.1) is 0 Å². The molecule has 2 nitrogen and oxygen atoms in total. The highest BCUT2D eigenvalue weighted by Gasteiger charge is 1.95. The summed E-state index contributed by atoms with van der Waals surface area (Å²) in [5.41, 5.74) is 0.405. The minimum atomic E-state index is 0.112. The Morgan fingerprint density at radius 2 is 2.50 bits per heavy atom. The topological polar surface area (TPSA) is 28.1 Å². The van der Waals surface area contributed by atoms with Gasteiger partial charge in [0.1, 0.15) is 0 Å². The van der Waals surface area contributed by atoms with Gasteiger partial charge in [0.25, 0.3) is 0 Å². The lowest BCUT2D eigenvalue weighted by Gasteiger charge is -1.88. The second-order valence-electron chi connectivity index (χ2n) is 1.65. The lowest BCUT2D eigenvalue weighted by molar-refractivity contribution is 1.49. The summed E-state index contributed by atoms with van der Waals surface area (Å²) in [6, 6.07) is 6.54. The minimum Gasteiger partial charge on any atom is -0.237 e. The Hall–Kier alpha value is -1.80. The fourth-order valence-corrected chi connectivity index (χ4v) is 0.611. The largest absolute Gasteiger partial charge is 0.237 e. The normalized spacial score (nSPS) is 9.20. The van der Waals surface area contributed by atoms with Crippen molar-refractivity contribution in [3.63, 3.8) is 0 Å². The van der Waals surface area contributed by atoms with Crippen LogP contribution in [0.4, 0.5) is 5.69 Å². The summed E-state index contributed by atoms with van der Waals surface area (Å²) in [6.07, 6.45) is 0. The number of nitriles is 1. The first-order chi connectivity index (χ1) is 5.29. The molecule has 0 aliphatic heterocycles. The van der Waals surface area contributed by atoms with Crippen molar-refractivity contribution in [2.75, 3.05) is 0 Å². The Bertz CT molecular complexity index is 357. The standard InChI is InChI=1S/C8H4N2/c1-10-8-5-3-2-4-7(8)6-9/h2-5H/i4D. The van der Waals surface area contributed by atoms with Crippen molar-refractivity contribution in [2.45, 2.75) is 0 Å². The van der Waals surface area contributed by atoms with E-state index in [2.05, 4.69) is 4.85 Å². The zero-order valence-corrected chi connectivity index (χ0v) is 5.13. The molecule has 46 valence electrons. The van der Waals surface area contributed by atoms with Crippen LogP contribution in [0.15, 0.2) is 24.2 Å². The Morgan fingerprint density at radius 1 is 1.70 bits per heavy atom. The molecule has 1 aromatic rings. The van der Waals surface area contributed by atoms with Gasteiger partial charge in [-0.25, -0.2) is 4.85 Å². The van der Waals surface area contributed by atoms with Crippen molar-refractivity contribution >= 4 is 5.69 Å². The summed E-state index contributed by atoms with van der Waals surface area (Å²) >= 11 is 0. The van der Waals surface area contributed by atoms with Gasteiger partial charge >= 0.3 is 0 Å². The van der Waals surface area contributed by atoms with E-state index in [4.69, 9.17) is 13.2 Å². The molecule has 0 N–H and O–H groups in total. The molecule has 10 heavy (non-hydrogen) atoms. The maximum atomic E-state index is 8.52. The molecule has 0 heterocycles. The van der Waals surface area contributed by atoms with Gasteiger partial charge in [0.15, 0.2) is 0 Å². The van der Waals surface area contributed by atoms with Gasteiger partial charge in [-0.3, -0.25) is 0 Å². The second kappa shape index (κ2) is 2.66. The molecule has 0 saturated carbocycles. The smallest absolute Gasteiger partial charge is 0.204 e. The summed E-state index contributed by atoms with van der Waals surface area (Å²) < 4.78 is 7.25. The van der Waals surface area contributed by atoms with E-state index in [1.807, 2.05) is 6.07 Å². The molecule has 0 spiro atoms. The molecule has 0 fully saturated rings. The molecular formula is C8H4N2. The Kier molecular flexibility index (Phi) is 1.34. The first-order valence-corrected chi connectivity index (χ1v) is 2.66. The molecule has 0 aromatic heterocycles. The lowest BCUT2D eigenvalue weighted by Crippen LogP contribution is -1.70. The quantitative estimate of drug-likeness (QED) is 0.493. The molecule has 1 rings (SSSR count). The van der Waals surface area contributed by atoms with E-state index < -0.39 is 0 Å². The predicted octanol–water partition coefficient (Wildman–Crippen LogP) is 2.11. The number of hydrogen-bond acceptors (Lipinski definition) is 1. The maximum absolute atomic E-state index is 8.52. The molecule has 1 aromatic carbocycles. The van der Waals surface area contributed by atoms with Crippen molar-refractivity contribution in [2.24, 2.45) is 0 Å². The molecule has 2 heteroatoms. The van der Waals surface area contributed by atoms with E-state index in [0.717, 1.165) is 0 Å². The van der Waals surface area contributed by atoms with Crippen LogP contribution in [0.3, 0.4) is 0 Å². The van der Waals surface area contributed by atoms with Crippen LogP contribution in [-0.4, -0.2) is 0 Å². The molecule has 0 atom stereocenters. The molecule has 0 aliphatic carbocycles. The molecular weight excluding hydrogens is 124 g/mol. The SMILES string of the molecule is [2H]c1cccc([N+]#[C-])c1C#N. The summed E-state index contributed by atoms with van der Waals surface area (Å²) in [7, 11) is 0. The summed E-state index contributed by atoms with van der Waals surface area (Å²) in [4.78, 5) is 3.11. The highest BCUT2D eigenvalue weighted by molar-refractivity contribution is 5.57. The summed E-state index contributed by atoms with van der Waals surface area (Å²) in [6.45, 7) is 6.68. The first-order valence-electron chi connectivity index (χ1n) is 3.16. The van der Waals surface area contributed by atoms with Crippen molar-refractivity contribution < 1.29 is 1.37 Å². The molecule has 0 bridgehead atoms. The zero-order chi connectivity index (χ0) is 8.27. The van der Waals surface area contributed by atoms with E-state index in [9.17, 15) is 0 Å². The Labute approximate surface area is 60.6 Å². The number of rotatable bonds is 0. The first kappa shape index (κ1) is 5.02. The van der Waals surface area contributed by atoms with E-state index in [1.165, 1.54) is 12.1 Å². The molecule has 0 amide bonds. The third kappa shape index (κ3) is 0.962. The van der Waals surface area contributed by atoms with Crippen molar-refractivity contribution in [1.29, 1.82) is 5.26 Å². The Balaban J connectivity index is 3.42. The molecule has 0 radical (unpaired) electrons. The van der Waals surface area contributed by atoms with Crippen LogP contribution in [0.2, 0.25) is 0 Å². The molecule has 0 saturated heterocycles. The monoisotopic (exact) mass is 129 g/mol. The van der Waals surface area contributed by atoms with Gasteiger partial charge in [-0.1, -0.05) is 24.2 Å². The average molecular weight is 129 g/mol. The number of hydrogen-bond donors (Lipinski definition) is 0. The minimum absolute atomic E-state index is 0.112. The van der Waals surface area contributed by atoms with E-state index in [-0.39, 0.29) is 17.3 Å².